The Kier molecular flexibility index (Phi) is 3.72. The number of H-pyrrole nitrogens is 1. The highest BCUT2D eigenvalue weighted by Crippen LogP contribution is 2.24. The largest absolute Gasteiger partial charge is 0.469 e. The molecule has 0 bridgehead atoms. The monoisotopic (exact) mass is 272 g/mol. The summed E-state index contributed by atoms with van der Waals surface area (Å²) in [5, 5.41) is 0. The maximum Gasteiger partial charge on any atom is 0.308 e. The van der Waals surface area contributed by atoms with Crippen molar-refractivity contribution < 1.29 is 17.9 Å². The van der Waals surface area contributed by atoms with Gasteiger partial charge in [0.05, 0.1) is 17.9 Å². The van der Waals surface area contributed by atoms with E-state index in [0.29, 0.717) is 25.9 Å². The zero-order chi connectivity index (χ0) is 13.2. The van der Waals surface area contributed by atoms with E-state index in [1.165, 1.54) is 23.7 Å². The van der Waals surface area contributed by atoms with Crippen molar-refractivity contribution in [2.45, 2.75) is 17.7 Å². The molecule has 0 saturated carbocycles. The second kappa shape index (κ2) is 5.11. The number of aromatic nitrogens is 1. The molecule has 0 aliphatic carbocycles. The normalized spacial score (nSPS) is 18.7. The van der Waals surface area contributed by atoms with E-state index in [9.17, 15) is 13.2 Å². The molecule has 0 aromatic carbocycles. The third-order valence-corrected chi connectivity index (χ3v) is 5.09. The number of carbonyl (C=O) groups is 1. The van der Waals surface area contributed by atoms with Gasteiger partial charge in [0.25, 0.3) is 0 Å². The number of nitrogens with one attached hydrogen (secondary N) is 1. The second-order valence-electron chi connectivity index (χ2n) is 4.25. The minimum absolute atomic E-state index is 0.187. The molecule has 1 aromatic rings. The van der Waals surface area contributed by atoms with Gasteiger partial charge >= 0.3 is 5.97 Å². The lowest BCUT2D eigenvalue weighted by atomic mass is 9.99. The molecule has 2 heterocycles. The van der Waals surface area contributed by atoms with E-state index in [2.05, 4.69) is 9.72 Å². The summed E-state index contributed by atoms with van der Waals surface area (Å²) in [4.78, 5) is 14.4. The molecule has 7 heteroatoms. The molecular formula is C11H16N2O4S. The van der Waals surface area contributed by atoms with Crippen LogP contribution in [0.25, 0.3) is 0 Å². The first-order valence-electron chi connectivity index (χ1n) is 5.76. The molecule has 0 radical (unpaired) electrons. The number of carbonyl (C=O) groups excluding carboxylic acids is 1. The van der Waals surface area contributed by atoms with Gasteiger partial charge in [-0.05, 0) is 18.9 Å². The van der Waals surface area contributed by atoms with Crippen LogP contribution in [0.5, 0.6) is 0 Å². The van der Waals surface area contributed by atoms with Gasteiger partial charge in [-0.25, -0.2) is 8.42 Å². The first kappa shape index (κ1) is 13.1. The van der Waals surface area contributed by atoms with Crippen LogP contribution in [0.3, 0.4) is 0 Å². The minimum atomic E-state index is -3.42. The molecule has 1 aromatic heterocycles. The molecule has 1 saturated heterocycles. The Balaban J connectivity index is 2.04. The highest BCUT2D eigenvalue weighted by molar-refractivity contribution is 7.89. The van der Waals surface area contributed by atoms with Crippen LogP contribution >= 0.6 is 0 Å². The highest BCUT2D eigenvalue weighted by atomic mass is 32.2. The number of nitrogens with zero attached hydrogens (tertiary/aromatic N) is 1. The number of piperidine rings is 1. The van der Waals surface area contributed by atoms with Crippen LogP contribution in [-0.4, -0.2) is 43.9 Å². The lowest BCUT2D eigenvalue weighted by molar-refractivity contribution is -0.146. The third-order valence-electron chi connectivity index (χ3n) is 3.20. The summed E-state index contributed by atoms with van der Waals surface area (Å²) in [6, 6.07) is 1.53. The summed E-state index contributed by atoms with van der Waals surface area (Å²) in [5.41, 5.74) is 0. The maximum atomic E-state index is 12.2. The number of sulfonamides is 1. The molecule has 100 valence electrons. The molecule has 0 spiro atoms. The zero-order valence-corrected chi connectivity index (χ0v) is 10.9. The van der Waals surface area contributed by atoms with E-state index in [1.807, 2.05) is 0 Å². The zero-order valence-electron chi connectivity index (χ0n) is 10.1. The molecule has 2 rings (SSSR count). The van der Waals surface area contributed by atoms with Gasteiger partial charge in [-0.2, -0.15) is 4.31 Å². The van der Waals surface area contributed by atoms with E-state index in [1.54, 1.807) is 6.20 Å². The van der Waals surface area contributed by atoms with E-state index >= 15 is 0 Å². The van der Waals surface area contributed by atoms with Crippen LogP contribution in [0.2, 0.25) is 0 Å². The fourth-order valence-corrected chi connectivity index (χ4v) is 3.56. The van der Waals surface area contributed by atoms with Gasteiger partial charge in [-0.3, -0.25) is 4.79 Å². The van der Waals surface area contributed by atoms with Crippen molar-refractivity contribution in [3.05, 3.63) is 18.5 Å². The Morgan fingerprint density at radius 2 is 2.11 bits per heavy atom. The summed E-state index contributed by atoms with van der Waals surface area (Å²) >= 11 is 0. The van der Waals surface area contributed by atoms with Gasteiger partial charge in [0.15, 0.2) is 0 Å². The van der Waals surface area contributed by atoms with E-state index < -0.39 is 10.0 Å². The fraction of sp³-hybridized carbons (Fsp3) is 0.545. The van der Waals surface area contributed by atoms with Crippen LogP contribution in [0.4, 0.5) is 0 Å². The molecule has 6 nitrogen and oxygen atoms in total. The summed E-state index contributed by atoms with van der Waals surface area (Å²) < 4.78 is 30.5. The Morgan fingerprint density at radius 1 is 1.44 bits per heavy atom. The van der Waals surface area contributed by atoms with Gasteiger partial charge in [0.2, 0.25) is 10.0 Å². The quantitative estimate of drug-likeness (QED) is 0.817. The third kappa shape index (κ3) is 2.41. The van der Waals surface area contributed by atoms with Crippen molar-refractivity contribution in [1.82, 2.24) is 9.29 Å². The Labute approximate surface area is 106 Å². The molecule has 0 unspecified atom stereocenters. The highest BCUT2D eigenvalue weighted by Gasteiger charge is 2.32. The van der Waals surface area contributed by atoms with Crippen molar-refractivity contribution in [2.24, 2.45) is 5.92 Å². The summed E-state index contributed by atoms with van der Waals surface area (Å²) in [6.45, 7) is 0.709. The molecule has 18 heavy (non-hydrogen) atoms. The van der Waals surface area contributed by atoms with Crippen LogP contribution in [0.15, 0.2) is 23.4 Å². The number of rotatable bonds is 3. The predicted molar refractivity (Wildman–Crippen MR) is 64.3 cm³/mol. The van der Waals surface area contributed by atoms with Gasteiger partial charge in [0, 0.05) is 25.5 Å². The Hall–Kier alpha value is -1.34. The summed E-state index contributed by atoms with van der Waals surface area (Å²) in [6.07, 6.45) is 4.06. The smallest absolute Gasteiger partial charge is 0.308 e. The molecule has 1 fully saturated rings. The summed E-state index contributed by atoms with van der Waals surface area (Å²) in [5.74, 6) is -0.443. The average Bonchev–Trinajstić information content (AvgIpc) is 2.92. The summed E-state index contributed by atoms with van der Waals surface area (Å²) in [7, 11) is -2.07. The molecule has 1 aliphatic heterocycles. The van der Waals surface area contributed by atoms with Gasteiger partial charge in [0.1, 0.15) is 0 Å². The topological polar surface area (TPSA) is 79.5 Å². The molecule has 1 N–H and O–H groups in total. The van der Waals surface area contributed by atoms with Crippen LogP contribution < -0.4 is 0 Å². The van der Waals surface area contributed by atoms with Gasteiger partial charge in [-0.1, -0.05) is 0 Å². The predicted octanol–water partition coefficient (Wildman–Crippen LogP) is 0.588. The Bertz CT molecular complexity index is 501. The van der Waals surface area contributed by atoms with E-state index in [-0.39, 0.29) is 16.8 Å². The number of hydrogen-bond donors (Lipinski definition) is 1. The van der Waals surface area contributed by atoms with Gasteiger partial charge < -0.3 is 9.72 Å². The number of aromatic amines is 1. The number of ether oxygens (including phenoxy) is 1. The number of hydrogen-bond acceptors (Lipinski definition) is 4. The van der Waals surface area contributed by atoms with Crippen molar-refractivity contribution >= 4 is 16.0 Å². The molecule has 0 amide bonds. The first-order chi connectivity index (χ1) is 8.55. The fourth-order valence-electron chi connectivity index (χ4n) is 2.12. The molecule has 0 atom stereocenters. The second-order valence-corrected chi connectivity index (χ2v) is 6.19. The molecule has 1 aliphatic rings. The van der Waals surface area contributed by atoms with Crippen LogP contribution in [-0.2, 0) is 19.6 Å². The average molecular weight is 272 g/mol. The maximum absolute atomic E-state index is 12.2. The van der Waals surface area contributed by atoms with Crippen molar-refractivity contribution in [3.63, 3.8) is 0 Å². The molecular weight excluding hydrogens is 256 g/mol. The Morgan fingerprint density at radius 3 is 2.61 bits per heavy atom. The van der Waals surface area contributed by atoms with E-state index in [0.717, 1.165) is 0 Å². The number of esters is 1. The van der Waals surface area contributed by atoms with Crippen molar-refractivity contribution in [2.75, 3.05) is 20.2 Å². The van der Waals surface area contributed by atoms with Crippen molar-refractivity contribution in [1.29, 1.82) is 0 Å². The first-order valence-corrected chi connectivity index (χ1v) is 7.20. The van der Waals surface area contributed by atoms with Crippen LogP contribution in [0.1, 0.15) is 12.8 Å². The lowest BCUT2D eigenvalue weighted by Gasteiger charge is -2.29. The van der Waals surface area contributed by atoms with Crippen LogP contribution in [0, 0.1) is 5.92 Å². The standard InChI is InChI=1S/C11H16N2O4S/c1-17-11(14)9-3-6-13(7-4-9)18(15,16)10-2-5-12-8-10/h2,5,8-9,12H,3-4,6-7H2,1H3. The lowest BCUT2D eigenvalue weighted by Crippen LogP contribution is -2.40. The SMILES string of the molecule is COC(=O)C1CCN(S(=O)(=O)c2cc[nH]c2)CC1. The minimum Gasteiger partial charge on any atom is -0.469 e. The van der Waals surface area contributed by atoms with Crippen molar-refractivity contribution in [3.8, 4) is 0 Å². The number of methoxy groups -OCH3 is 1. The van der Waals surface area contributed by atoms with E-state index in [4.69, 9.17) is 0 Å². The van der Waals surface area contributed by atoms with Gasteiger partial charge in [-0.15, -0.1) is 0 Å².